The van der Waals surface area contributed by atoms with Crippen LogP contribution in [0.5, 0.6) is 0 Å². The summed E-state index contributed by atoms with van der Waals surface area (Å²) in [4.78, 5) is 14.3. The van der Waals surface area contributed by atoms with Crippen molar-refractivity contribution >= 4 is 5.97 Å². The Morgan fingerprint density at radius 2 is 2.07 bits per heavy atom. The first-order chi connectivity index (χ1) is 6.52. The van der Waals surface area contributed by atoms with Crippen molar-refractivity contribution < 1.29 is 20.1 Å². The molecule has 3 N–H and O–H groups in total. The van der Waals surface area contributed by atoms with Gasteiger partial charge in [0.15, 0.2) is 6.10 Å². The van der Waals surface area contributed by atoms with E-state index in [0.29, 0.717) is 5.69 Å². The van der Waals surface area contributed by atoms with E-state index < -0.39 is 18.2 Å². The second-order valence-electron chi connectivity index (χ2n) is 2.93. The Kier molecular flexibility index (Phi) is 3.16. The maximum atomic E-state index is 10.4. The molecule has 0 aromatic carbocycles. The summed E-state index contributed by atoms with van der Waals surface area (Å²) >= 11 is 0. The number of hydrogen-bond acceptors (Lipinski definition) is 4. The highest BCUT2D eigenvalue weighted by Gasteiger charge is 2.25. The van der Waals surface area contributed by atoms with E-state index in [1.807, 2.05) is 0 Å². The minimum absolute atomic E-state index is 0.153. The van der Waals surface area contributed by atoms with E-state index in [0.717, 1.165) is 0 Å². The van der Waals surface area contributed by atoms with Crippen LogP contribution in [0.2, 0.25) is 0 Å². The lowest BCUT2D eigenvalue weighted by Gasteiger charge is -2.13. The van der Waals surface area contributed by atoms with Crippen LogP contribution in [0.15, 0.2) is 18.2 Å². The smallest absolute Gasteiger partial charge is 0.335 e. The van der Waals surface area contributed by atoms with Crippen LogP contribution in [0, 0.1) is 6.92 Å². The van der Waals surface area contributed by atoms with Crippen LogP contribution in [0.3, 0.4) is 0 Å². The van der Waals surface area contributed by atoms with Gasteiger partial charge in [-0.25, -0.2) is 4.79 Å². The highest BCUT2D eigenvalue weighted by Crippen LogP contribution is 2.14. The van der Waals surface area contributed by atoms with Gasteiger partial charge in [0, 0.05) is 5.69 Å². The lowest BCUT2D eigenvalue weighted by atomic mass is 10.1. The minimum Gasteiger partial charge on any atom is -0.479 e. The van der Waals surface area contributed by atoms with Gasteiger partial charge in [0.2, 0.25) is 0 Å². The number of aryl methyl sites for hydroxylation is 1. The molecule has 1 aromatic rings. The molecule has 2 atom stereocenters. The Morgan fingerprint density at radius 1 is 1.43 bits per heavy atom. The summed E-state index contributed by atoms with van der Waals surface area (Å²) in [5.74, 6) is -1.47. The molecule has 0 saturated heterocycles. The predicted octanol–water partition coefficient (Wildman–Crippen LogP) is -0.131. The fourth-order valence-electron chi connectivity index (χ4n) is 1.03. The fraction of sp³-hybridized carbons (Fsp3) is 0.333. The number of aromatic nitrogens is 1. The number of aliphatic hydroxyl groups excluding tert-OH is 2. The summed E-state index contributed by atoms with van der Waals surface area (Å²) in [6.07, 6.45) is -3.34. The van der Waals surface area contributed by atoms with Crippen LogP contribution >= 0.6 is 0 Å². The molecule has 0 amide bonds. The molecular weight excluding hydrogens is 186 g/mol. The molecule has 2 unspecified atom stereocenters. The number of carboxylic acids is 1. The molecule has 5 nitrogen and oxygen atoms in total. The molecule has 1 heterocycles. The Bertz CT molecular complexity index is 339. The van der Waals surface area contributed by atoms with Crippen molar-refractivity contribution in [3.05, 3.63) is 29.6 Å². The highest BCUT2D eigenvalue weighted by atomic mass is 16.4. The zero-order valence-electron chi connectivity index (χ0n) is 7.58. The average Bonchev–Trinajstić information content (AvgIpc) is 2.15. The Morgan fingerprint density at radius 3 is 2.57 bits per heavy atom. The largest absolute Gasteiger partial charge is 0.479 e. The molecular formula is C9H11NO4. The Labute approximate surface area is 80.7 Å². The molecule has 0 saturated carbocycles. The van der Waals surface area contributed by atoms with Gasteiger partial charge in [0.25, 0.3) is 0 Å². The third-order valence-electron chi connectivity index (χ3n) is 1.76. The second kappa shape index (κ2) is 4.17. The summed E-state index contributed by atoms with van der Waals surface area (Å²) < 4.78 is 0. The van der Waals surface area contributed by atoms with Crippen LogP contribution in [0.1, 0.15) is 17.5 Å². The van der Waals surface area contributed by atoms with Crippen LogP contribution < -0.4 is 0 Å². The third-order valence-corrected chi connectivity index (χ3v) is 1.76. The van der Waals surface area contributed by atoms with Gasteiger partial charge in [-0.3, -0.25) is 4.98 Å². The number of aliphatic carboxylic acids is 1. The molecule has 0 radical (unpaired) electrons. The van der Waals surface area contributed by atoms with E-state index in [1.54, 1.807) is 19.1 Å². The third kappa shape index (κ3) is 2.27. The number of aliphatic hydroxyl groups is 2. The monoisotopic (exact) mass is 197 g/mol. The topological polar surface area (TPSA) is 90.7 Å². The van der Waals surface area contributed by atoms with Gasteiger partial charge in [0.1, 0.15) is 6.10 Å². The number of hydrogen-bond donors (Lipinski definition) is 3. The fourth-order valence-corrected chi connectivity index (χ4v) is 1.03. The van der Waals surface area contributed by atoms with Gasteiger partial charge < -0.3 is 15.3 Å². The summed E-state index contributed by atoms with van der Waals surface area (Å²) in [5, 5.41) is 26.9. The highest BCUT2D eigenvalue weighted by molar-refractivity contribution is 5.72. The summed E-state index contributed by atoms with van der Waals surface area (Å²) in [6.45, 7) is 1.71. The molecule has 1 aromatic heterocycles. The first-order valence-electron chi connectivity index (χ1n) is 4.05. The molecule has 0 aliphatic heterocycles. The van der Waals surface area contributed by atoms with Gasteiger partial charge in [-0.05, 0) is 19.1 Å². The number of rotatable bonds is 3. The SMILES string of the molecule is Cc1cccc(C(O)C(O)C(=O)O)n1. The first kappa shape index (κ1) is 10.6. The molecule has 0 spiro atoms. The van der Waals surface area contributed by atoms with Crippen LogP contribution in [0.25, 0.3) is 0 Å². The molecule has 1 rings (SSSR count). The van der Waals surface area contributed by atoms with E-state index in [2.05, 4.69) is 4.98 Å². The van der Waals surface area contributed by atoms with Crippen LogP contribution in [-0.2, 0) is 4.79 Å². The van der Waals surface area contributed by atoms with E-state index in [4.69, 9.17) is 10.2 Å². The van der Waals surface area contributed by atoms with E-state index in [9.17, 15) is 9.90 Å². The quantitative estimate of drug-likeness (QED) is 0.627. The number of pyridine rings is 1. The van der Waals surface area contributed by atoms with Gasteiger partial charge in [-0.1, -0.05) is 6.07 Å². The summed E-state index contributed by atoms with van der Waals surface area (Å²) in [5.41, 5.74) is 0.805. The van der Waals surface area contributed by atoms with Crippen LogP contribution in [-0.4, -0.2) is 32.4 Å². The van der Waals surface area contributed by atoms with Crippen molar-refractivity contribution in [3.63, 3.8) is 0 Å². The van der Waals surface area contributed by atoms with Crippen molar-refractivity contribution in [1.29, 1.82) is 0 Å². The maximum Gasteiger partial charge on any atom is 0.335 e. The lowest BCUT2D eigenvalue weighted by Crippen LogP contribution is -2.28. The molecule has 76 valence electrons. The van der Waals surface area contributed by atoms with Gasteiger partial charge in [-0.15, -0.1) is 0 Å². The lowest BCUT2D eigenvalue weighted by molar-refractivity contribution is -0.153. The predicted molar refractivity (Wildman–Crippen MR) is 47.6 cm³/mol. The molecule has 14 heavy (non-hydrogen) atoms. The molecule has 0 aliphatic rings. The van der Waals surface area contributed by atoms with E-state index >= 15 is 0 Å². The Hall–Kier alpha value is -1.46. The van der Waals surface area contributed by atoms with Crippen molar-refractivity contribution in [1.82, 2.24) is 4.98 Å². The van der Waals surface area contributed by atoms with Crippen molar-refractivity contribution in [3.8, 4) is 0 Å². The van der Waals surface area contributed by atoms with Crippen molar-refractivity contribution in [2.75, 3.05) is 0 Å². The average molecular weight is 197 g/mol. The Balaban J connectivity index is 2.89. The number of carbonyl (C=O) groups is 1. The van der Waals surface area contributed by atoms with E-state index in [1.165, 1.54) is 6.07 Å². The number of carboxylic acid groups (broad SMARTS) is 1. The van der Waals surface area contributed by atoms with Gasteiger partial charge >= 0.3 is 5.97 Å². The molecule has 0 bridgehead atoms. The summed E-state index contributed by atoms with van der Waals surface area (Å²) in [6, 6.07) is 4.81. The normalized spacial score (nSPS) is 14.8. The molecule has 0 aliphatic carbocycles. The maximum absolute atomic E-state index is 10.4. The second-order valence-corrected chi connectivity index (χ2v) is 2.93. The summed E-state index contributed by atoms with van der Waals surface area (Å²) in [7, 11) is 0. The molecule has 5 heteroatoms. The van der Waals surface area contributed by atoms with Gasteiger partial charge in [-0.2, -0.15) is 0 Å². The molecule has 0 fully saturated rings. The zero-order valence-corrected chi connectivity index (χ0v) is 7.58. The minimum atomic E-state index is -1.84. The standard InChI is InChI=1S/C9H11NO4/c1-5-3-2-4-6(10-5)7(11)8(12)9(13)14/h2-4,7-8,11-12H,1H3,(H,13,14). The first-order valence-corrected chi connectivity index (χ1v) is 4.05. The van der Waals surface area contributed by atoms with E-state index in [-0.39, 0.29) is 5.69 Å². The van der Waals surface area contributed by atoms with Crippen LogP contribution in [0.4, 0.5) is 0 Å². The zero-order chi connectivity index (χ0) is 10.7. The van der Waals surface area contributed by atoms with Gasteiger partial charge in [0.05, 0.1) is 5.69 Å². The van der Waals surface area contributed by atoms with Crippen molar-refractivity contribution in [2.24, 2.45) is 0 Å². The number of nitrogens with zero attached hydrogens (tertiary/aromatic N) is 1. The van der Waals surface area contributed by atoms with Crippen molar-refractivity contribution in [2.45, 2.75) is 19.1 Å².